The average Bonchev–Trinajstić information content (AvgIpc) is 2.90. The Labute approximate surface area is 124 Å². The minimum Gasteiger partial charge on any atom is -0.360 e. The number of rotatable bonds is 3. The number of halogens is 1. The highest BCUT2D eigenvalue weighted by molar-refractivity contribution is 6.33. The standard InChI is InChI=1S/C15H10ClN3O2/c16-12-6-5-9(7-14(12)19(20)21)15(17)11-8-18-13-4-2-1-3-10(11)13/h1-8,17-18H. The molecule has 0 aliphatic carbocycles. The number of aromatic nitrogens is 1. The van der Waals surface area contributed by atoms with E-state index in [0.717, 1.165) is 10.9 Å². The summed E-state index contributed by atoms with van der Waals surface area (Å²) in [5, 5.41) is 20.2. The van der Waals surface area contributed by atoms with Crippen LogP contribution in [0.4, 0.5) is 5.69 Å². The smallest absolute Gasteiger partial charge is 0.288 e. The quantitative estimate of drug-likeness (QED) is 0.433. The van der Waals surface area contributed by atoms with Crippen LogP contribution < -0.4 is 0 Å². The number of fused-ring (bicyclic) bond motifs is 1. The van der Waals surface area contributed by atoms with Crippen molar-refractivity contribution in [1.82, 2.24) is 4.98 Å². The van der Waals surface area contributed by atoms with Crippen LogP contribution in [0.3, 0.4) is 0 Å². The van der Waals surface area contributed by atoms with E-state index in [0.29, 0.717) is 11.1 Å². The monoisotopic (exact) mass is 299 g/mol. The number of nitro groups is 1. The van der Waals surface area contributed by atoms with Gasteiger partial charge in [-0.1, -0.05) is 35.9 Å². The van der Waals surface area contributed by atoms with Crippen molar-refractivity contribution in [2.75, 3.05) is 0 Å². The molecule has 0 spiro atoms. The molecule has 104 valence electrons. The Morgan fingerprint density at radius 3 is 2.76 bits per heavy atom. The molecule has 1 heterocycles. The minimum atomic E-state index is -0.547. The number of benzene rings is 2. The summed E-state index contributed by atoms with van der Waals surface area (Å²) in [6, 6.07) is 12.0. The first-order chi connectivity index (χ1) is 10.1. The van der Waals surface area contributed by atoms with Gasteiger partial charge in [-0.25, -0.2) is 0 Å². The van der Waals surface area contributed by atoms with Gasteiger partial charge in [0.05, 0.1) is 10.6 Å². The Morgan fingerprint density at radius 1 is 1.24 bits per heavy atom. The maximum absolute atomic E-state index is 10.9. The van der Waals surface area contributed by atoms with Crippen molar-refractivity contribution in [2.45, 2.75) is 0 Å². The fourth-order valence-electron chi connectivity index (χ4n) is 2.24. The van der Waals surface area contributed by atoms with E-state index in [-0.39, 0.29) is 16.4 Å². The molecule has 5 nitrogen and oxygen atoms in total. The predicted octanol–water partition coefficient (Wildman–Crippen LogP) is 4.15. The molecule has 3 aromatic rings. The first-order valence-electron chi connectivity index (χ1n) is 6.17. The molecule has 2 N–H and O–H groups in total. The number of nitro benzene ring substituents is 1. The molecule has 1 aromatic heterocycles. The van der Waals surface area contributed by atoms with Crippen LogP contribution in [-0.4, -0.2) is 15.6 Å². The van der Waals surface area contributed by atoms with Crippen LogP contribution >= 0.6 is 11.6 Å². The van der Waals surface area contributed by atoms with Crippen molar-refractivity contribution >= 4 is 33.9 Å². The number of hydrogen-bond donors (Lipinski definition) is 2. The summed E-state index contributed by atoms with van der Waals surface area (Å²) >= 11 is 5.80. The number of H-pyrrole nitrogens is 1. The average molecular weight is 300 g/mol. The molecule has 0 atom stereocenters. The molecule has 0 aliphatic heterocycles. The number of aromatic amines is 1. The summed E-state index contributed by atoms with van der Waals surface area (Å²) < 4.78 is 0. The van der Waals surface area contributed by atoms with Gasteiger partial charge >= 0.3 is 0 Å². The van der Waals surface area contributed by atoms with Gasteiger partial charge in [-0.2, -0.15) is 0 Å². The molecule has 21 heavy (non-hydrogen) atoms. The molecular weight excluding hydrogens is 290 g/mol. The lowest BCUT2D eigenvalue weighted by Gasteiger charge is -2.04. The van der Waals surface area contributed by atoms with Crippen molar-refractivity contribution in [1.29, 1.82) is 5.41 Å². The molecule has 3 rings (SSSR count). The zero-order chi connectivity index (χ0) is 15.0. The van der Waals surface area contributed by atoms with Crippen LogP contribution in [0.15, 0.2) is 48.7 Å². The maximum atomic E-state index is 10.9. The summed E-state index contributed by atoms with van der Waals surface area (Å²) in [6.45, 7) is 0. The van der Waals surface area contributed by atoms with Gasteiger partial charge in [0.1, 0.15) is 5.02 Å². The van der Waals surface area contributed by atoms with Gasteiger partial charge in [0.15, 0.2) is 0 Å². The molecular formula is C15H10ClN3O2. The zero-order valence-electron chi connectivity index (χ0n) is 10.8. The molecule has 0 aliphatic rings. The SMILES string of the molecule is N=C(c1ccc(Cl)c([N+](=O)[O-])c1)c1c[nH]c2ccccc12. The fraction of sp³-hybridized carbons (Fsp3) is 0. The van der Waals surface area contributed by atoms with Crippen LogP contribution in [0.1, 0.15) is 11.1 Å². The third-order valence-corrected chi connectivity index (χ3v) is 3.61. The molecule has 0 saturated heterocycles. The van der Waals surface area contributed by atoms with Crippen LogP contribution in [-0.2, 0) is 0 Å². The second-order valence-corrected chi connectivity index (χ2v) is 4.95. The highest BCUT2D eigenvalue weighted by Gasteiger charge is 2.17. The second-order valence-electron chi connectivity index (χ2n) is 4.55. The van der Waals surface area contributed by atoms with Crippen molar-refractivity contribution < 1.29 is 4.92 Å². The lowest BCUT2D eigenvalue weighted by atomic mass is 10.0. The lowest BCUT2D eigenvalue weighted by Crippen LogP contribution is -2.02. The Balaban J connectivity index is 2.10. The Bertz CT molecular complexity index is 870. The van der Waals surface area contributed by atoms with E-state index < -0.39 is 4.92 Å². The van der Waals surface area contributed by atoms with Gasteiger partial charge < -0.3 is 4.98 Å². The summed E-state index contributed by atoms with van der Waals surface area (Å²) in [5.74, 6) is 0. The van der Waals surface area contributed by atoms with E-state index in [2.05, 4.69) is 4.98 Å². The summed E-state index contributed by atoms with van der Waals surface area (Å²) in [4.78, 5) is 13.5. The fourth-order valence-corrected chi connectivity index (χ4v) is 2.43. The third-order valence-electron chi connectivity index (χ3n) is 3.29. The van der Waals surface area contributed by atoms with E-state index in [1.54, 1.807) is 12.3 Å². The van der Waals surface area contributed by atoms with E-state index in [1.165, 1.54) is 12.1 Å². The third kappa shape index (κ3) is 2.28. The van der Waals surface area contributed by atoms with Crippen LogP contribution in [0, 0.1) is 15.5 Å². The van der Waals surface area contributed by atoms with Crippen LogP contribution in [0.25, 0.3) is 10.9 Å². The van der Waals surface area contributed by atoms with Gasteiger partial charge in [0.25, 0.3) is 5.69 Å². The first-order valence-corrected chi connectivity index (χ1v) is 6.55. The Kier molecular flexibility index (Phi) is 3.19. The van der Waals surface area contributed by atoms with Crippen LogP contribution in [0.2, 0.25) is 5.02 Å². The van der Waals surface area contributed by atoms with E-state index in [4.69, 9.17) is 17.0 Å². The predicted molar refractivity (Wildman–Crippen MR) is 82.3 cm³/mol. The van der Waals surface area contributed by atoms with Crippen LogP contribution in [0.5, 0.6) is 0 Å². The minimum absolute atomic E-state index is 0.0653. The first kappa shape index (κ1) is 13.3. The van der Waals surface area contributed by atoms with Crippen molar-refractivity contribution in [3.05, 3.63) is 74.9 Å². The highest BCUT2D eigenvalue weighted by Crippen LogP contribution is 2.27. The Morgan fingerprint density at radius 2 is 2.00 bits per heavy atom. The highest BCUT2D eigenvalue weighted by atomic mass is 35.5. The van der Waals surface area contributed by atoms with E-state index in [9.17, 15) is 10.1 Å². The number of nitrogens with one attached hydrogen (secondary N) is 2. The second kappa shape index (κ2) is 5.03. The maximum Gasteiger partial charge on any atom is 0.288 e. The summed E-state index contributed by atoms with van der Waals surface area (Å²) in [5.41, 5.74) is 2.09. The molecule has 0 bridgehead atoms. The Hall–Kier alpha value is -2.66. The molecule has 0 saturated carbocycles. The van der Waals surface area contributed by atoms with E-state index in [1.807, 2.05) is 24.3 Å². The molecule has 6 heteroatoms. The topological polar surface area (TPSA) is 82.8 Å². The molecule has 2 aromatic carbocycles. The van der Waals surface area contributed by atoms with Gasteiger partial charge in [-0.05, 0) is 12.1 Å². The largest absolute Gasteiger partial charge is 0.360 e. The molecule has 0 unspecified atom stereocenters. The molecule has 0 radical (unpaired) electrons. The normalized spacial score (nSPS) is 10.7. The van der Waals surface area contributed by atoms with Crippen molar-refractivity contribution in [3.8, 4) is 0 Å². The lowest BCUT2D eigenvalue weighted by molar-refractivity contribution is -0.384. The van der Waals surface area contributed by atoms with Gasteiger partial charge in [-0.3, -0.25) is 15.5 Å². The number of nitrogens with zero attached hydrogens (tertiary/aromatic N) is 1. The van der Waals surface area contributed by atoms with Crippen molar-refractivity contribution in [2.24, 2.45) is 0 Å². The van der Waals surface area contributed by atoms with E-state index >= 15 is 0 Å². The number of hydrogen-bond acceptors (Lipinski definition) is 3. The molecule has 0 fully saturated rings. The zero-order valence-corrected chi connectivity index (χ0v) is 11.5. The molecule has 0 amide bonds. The summed E-state index contributed by atoms with van der Waals surface area (Å²) in [6.07, 6.45) is 1.73. The van der Waals surface area contributed by atoms with Crippen molar-refractivity contribution in [3.63, 3.8) is 0 Å². The van der Waals surface area contributed by atoms with Gasteiger partial charge in [0.2, 0.25) is 0 Å². The summed E-state index contributed by atoms with van der Waals surface area (Å²) in [7, 11) is 0. The van der Waals surface area contributed by atoms with Gasteiger partial charge in [0, 0.05) is 34.3 Å². The van der Waals surface area contributed by atoms with Gasteiger partial charge in [-0.15, -0.1) is 0 Å². The number of para-hydroxylation sites is 1.